The van der Waals surface area contributed by atoms with Crippen LogP contribution in [-0.2, 0) is 4.74 Å². The molecular weight excluding hydrogens is 214 g/mol. The molecule has 0 atom stereocenters. The second-order valence-electron chi connectivity index (χ2n) is 6.24. The number of ether oxygens (including phenoxy) is 1. The van der Waals surface area contributed by atoms with E-state index in [1.165, 1.54) is 6.04 Å². The minimum absolute atomic E-state index is 0.283. The fourth-order valence-electron chi connectivity index (χ4n) is 0.960. The first-order valence-corrected chi connectivity index (χ1v) is 9.96. The monoisotopic (exact) mass is 243 g/mol. The van der Waals surface area contributed by atoms with E-state index in [9.17, 15) is 0 Å². The van der Waals surface area contributed by atoms with Gasteiger partial charge in [-0.3, -0.25) is 0 Å². The molecule has 0 aliphatic carbocycles. The number of rotatable bonds is 8. The smallest absolute Gasteiger partial charge is 0.116 e. The Balaban J connectivity index is 3.48. The maximum Gasteiger partial charge on any atom is 0.116 e. The number of hydrogen-bond acceptors (Lipinski definition) is 2. The molecule has 0 saturated carbocycles. The van der Waals surface area contributed by atoms with E-state index in [4.69, 9.17) is 4.74 Å². The molecule has 0 aromatic carbocycles. The van der Waals surface area contributed by atoms with E-state index < -0.39 is 8.07 Å². The van der Waals surface area contributed by atoms with Gasteiger partial charge in [-0.05, 0) is 24.1 Å². The van der Waals surface area contributed by atoms with Gasteiger partial charge in [0.15, 0.2) is 0 Å². The van der Waals surface area contributed by atoms with Crippen LogP contribution in [0.15, 0.2) is 12.3 Å². The summed E-state index contributed by atoms with van der Waals surface area (Å²) in [6.45, 7) is 15.3. The highest BCUT2D eigenvalue weighted by atomic mass is 28.3. The van der Waals surface area contributed by atoms with Crippen molar-refractivity contribution in [2.75, 3.05) is 13.3 Å². The Morgan fingerprint density at radius 2 is 1.88 bits per heavy atom. The highest BCUT2D eigenvalue weighted by molar-refractivity contribution is 6.76. The first-order chi connectivity index (χ1) is 7.27. The molecule has 1 N–H and O–H groups in total. The quantitative estimate of drug-likeness (QED) is 0.397. The van der Waals surface area contributed by atoms with Crippen LogP contribution >= 0.6 is 0 Å². The zero-order valence-corrected chi connectivity index (χ0v) is 12.9. The van der Waals surface area contributed by atoms with Crippen molar-refractivity contribution in [1.29, 1.82) is 0 Å². The lowest BCUT2D eigenvalue weighted by molar-refractivity contribution is 0.137. The molecule has 16 heavy (non-hydrogen) atoms. The Morgan fingerprint density at radius 3 is 2.38 bits per heavy atom. The molecule has 0 aliphatic rings. The van der Waals surface area contributed by atoms with Gasteiger partial charge in [-0.1, -0.05) is 46.5 Å². The van der Waals surface area contributed by atoms with Crippen molar-refractivity contribution in [1.82, 2.24) is 5.32 Å². The Labute approximate surface area is 102 Å². The summed E-state index contributed by atoms with van der Waals surface area (Å²) in [6, 6.07) is 1.23. The number of allylic oxidation sites excluding steroid dienone is 1. The first kappa shape index (κ1) is 15.7. The highest BCUT2D eigenvalue weighted by Crippen LogP contribution is 2.20. The lowest BCUT2D eigenvalue weighted by Crippen LogP contribution is -2.23. The third-order valence-corrected chi connectivity index (χ3v) is 4.45. The van der Waals surface area contributed by atoms with Gasteiger partial charge in [-0.2, -0.15) is 0 Å². The molecule has 0 saturated heterocycles. The predicted molar refractivity (Wildman–Crippen MR) is 75.3 cm³/mol. The molecule has 0 unspecified atom stereocenters. The minimum Gasteiger partial charge on any atom is -0.369 e. The van der Waals surface area contributed by atoms with Crippen molar-refractivity contribution >= 4 is 8.07 Å². The second-order valence-corrected chi connectivity index (χ2v) is 11.9. The summed E-state index contributed by atoms with van der Waals surface area (Å²) in [5.41, 5.74) is 0.283. The van der Waals surface area contributed by atoms with Crippen molar-refractivity contribution in [3.8, 4) is 0 Å². The van der Waals surface area contributed by atoms with E-state index in [-0.39, 0.29) is 5.41 Å². The third kappa shape index (κ3) is 10.2. The molecule has 3 heteroatoms. The topological polar surface area (TPSA) is 21.3 Å². The van der Waals surface area contributed by atoms with Crippen LogP contribution in [0.3, 0.4) is 0 Å². The van der Waals surface area contributed by atoms with Crippen LogP contribution in [0.5, 0.6) is 0 Å². The van der Waals surface area contributed by atoms with Gasteiger partial charge < -0.3 is 10.1 Å². The fourth-order valence-corrected chi connectivity index (χ4v) is 1.72. The van der Waals surface area contributed by atoms with Crippen LogP contribution in [-0.4, -0.2) is 21.4 Å². The summed E-state index contributed by atoms with van der Waals surface area (Å²) in [6.07, 6.45) is 5.37. The molecule has 0 spiro atoms. The molecule has 2 nitrogen and oxygen atoms in total. The predicted octanol–water partition coefficient (Wildman–Crippen LogP) is 3.84. The van der Waals surface area contributed by atoms with E-state index in [1.807, 2.05) is 6.20 Å². The highest BCUT2D eigenvalue weighted by Gasteiger charge is 2.11. The second kappa shape index (κ2) is 7.12. The van der Waals surface area contributed by atoms with Gasteiger partial charge in [0.2, 0.25) is 0 Å². The van der Waals surface area contributed by atoms with E-state index >= 15 is 0 Å². The Morgan fingerprint density at radius 1 is 1.25 bits per heavy atom. The summed E-state index contributed by atoms with van der Waals surface area (Å²) in [5, 5.41) is 3.17. The van der Waals surface area contributed by atoms with Crippen LogP contribution in [0.2, 0.25) is 25.7 Å². The van der Waals surface area contributed by atoms with Crippen molar-refractivity contribution < 1.29 is 4.74 Å². The molecule has 0 aromatic heterocycles. The Kier molecular flexibility index (Phi) is 7.00. The molecule has 0 fully saturated rings. The van der Waals surface area contributed by atoms with Gasteiger partial charge in [0.05, 0.1) is 0 Å². The van der Waals surface area contributed by atoms with Crippen LogP contribution in [0, 0.1) is 5.41 Å². The van der Waals surface area contributed by atoms with Crippen molar-refractivity contribution in [3.05, 3.63) is 12.3 Å². The lowest BCUT2D eigenvalue weighted by atomic mass is 9.91. The molecule has 96 valence electrons. The van der Waals surface area contributed by atoms with Crippen molar-refractivity contribution in [2.24, 2.45) is 5.41 Å². The normalized spacial score (nSPS) is 13.4. The number of nitrogens with one attached hydrogen (secondary N) is 1. The Bertz CT molecular complexity index is 206. The first-order valence-electron chi connectivity index (χ1n) is 6.26. The van der Waals surface area contributed by atoms with Gasteiger partial charge in [0.1, 0.15) is 6.73 Å². The summed E-state index contributed by atoms with van der Waals surface area (Å²) in [4.78, 5) is 0. The molecule has 0 radical (unpaired) electrons. The summed E-state index contributed by atoms with van der Waals surface area (Å²) in [7, 11) is -0.932. The molecule has 0 bridgehead atoms. The molecule has 0 aromatic rings. The largest absolute Gasteiger partial charge is 0.369 e. The summed E-state index contributed by atoms with van der Waals surface area (Å²) < 4.78 is 5.53. The maximum atomic E-state index is 5.53. The van der Waals surface area contributed by atoms with Gasteiger partial charge in [0.25, 0.3) is 0 Å². The van der Waals surface area contributed by atoms with Crippen molar-refractivity contribution in [2.45, 2.75) is 52.9 Å². The third-order valence-electron chi connectivity index (χ3n) is 2.75. The summed E-state index contributed by atoms with van der Waals surface area (Å²) >= 11 is 0. The molecular formula is C13H29NOSi. The molecule has 0 aliphatic heterocycles. The zero-order chi connectivity index (χ0) is 12.7. The van der Waals surface area contributed by atoms with E-state index in [2.05, 4.69) is 51.8 Å². The Hall–Kier alpha value is -0.283. The van der Waals surface area contributed by atoms with E-state index in [0.29, 0.717) is 6.73 Å². The van der Waals surface area contributed by atoms with Gasteiger partial charge in [0, 0.05) is 14.7 Å². The minimum atomic E-state index is -0.932. The number of hydrogen-bond donors (Lipinski definition) is 1. The summed E-state index contributed by atoms with van der Waals surface area (Å²) in [5.74, 6) is 0. The van der Waals surface area contributed by atoms with Crippen LogP contribution < -0.4 is 5.32 Å². The van der Waals surface area contributed by atoms with Gasteiger partial charge >= 0.3 is 0 Å². The van der Waals surface area contributed by atoms with Crippen molar-refractivity contribution in [3.63, 3.8) is 0 Å². The van der Waals surface area contributed by atoms with Gasteiger partial charge in [-0.25, -0.2) is 0 Å². The zero-order valence-electron chi connectivity index (χ0n) is 11.9. The average molecular weight is 243 g/mol. The standard InChI is InChI=1S/C13H29NOSi/c1-7-13(2,3)8-9-14-12-15-10-11-16(4,5)6/h8-9,14H,7,10-12H2,1-6H3/b9-8-. The van der Waals surface area contributed by atoms with Crippen LogP contribution in [0.25, 0.3) is 0 Å². The SMILES string of the molecule is CCC(C)(C)/C=C\NCOCC[Si](C)(C)C. The fraction of sp³-hybridized carbons (Fsp3) is 0.846. The lowest BCUT2D eigenvalue weighted by Gasteiger charge is -2.17. The van der Waals surface area contributed by atoms with E-state index in [1.54, 1.807) is 0 Å². The van der Waals surface area contributed by atoms with Crippen LogP contribution in [0.1, 0.15) is 27.2 Å². The molecule has 0 heterocycles. The van der Waals surface area contributed by atoms with Gasteiger partial charge in [-0.15, -0.1) is 0 Å². The average Bonchev–Trinajstić information content (AvgIpc) is 2.14. The van der Waals surface area contributed by atoms with E-state index in [0.717, 1.165) is 13.0 Å². The molecule has 0 rings (SSSR count). The maximum absolute atomic E-state index is 5.53. The molecule has 0 amide bonds. The van der Waals surface area contributed by atoms with Crippen LogP contribution in [0.4, 0.5) is 0 Å².